The van der Waals surface area contributed by atoms with Crippen LogP contribution in [-0.2, 0) is 4.74 Å². The molecule has 1 aliphatic heterocycles. The van der Waals surface area contributed by atoms with Crippen LogP contribution in [0, 0.1) is 5.92 Å². The summed E-state index contributed by atoms with van der Waals surface area (Å²) in [7, 11) is 0. The molecule has 0 bridgehead atoms. The van der Waals surface area contributed by atoms with Crippen molar-refractivity contribution in [3.8, 4) is 0 Å². The number of aromatic nitrogens is 2. The molecule has 1 aromatic heterocycles. The molecule has 0 aliphatic carbocycles. The number of likely N-dealkylation sites (tertiary alicyclic amines) is 1. The summed E-state index contributed by atoms with van der Waals surface area (Å²) >= 11 is 7.41. The first-order valence-corrected chi connectivity index (χ1v) is 8.29. The van der Waals surface area contributed by atoms with Crippen molar-refractivity contribution in [2.24, 2.45) is 5.92 Å². The highest BCUT2D eigenvalue weighted by molar-refractivity contribution is 7.99. The largest absolute Gasteiger partial charge is 0.444 e. The Balaban J connectivity index is 1.79. The van der Waals surface area contributed by atoms with Gasteiger partial charge in [-0.2, -0.15) is 0 Å². The van der Waals surface area contributed by atoms with Gasteiger partial charge in [0.15, 0.2) is 0 Å². The van der Waals surface area contributed by atoms with Gasteiger partial charge in [-0.05, 0) is 50.8 Å². The van der Waals surface area contributed by atoms with E-state index in [1.807, 2.05) is 26.8 Å². The van der Waals surface area contributed by atoms with Gasteiger partial charge in [0.25, 0.3) is 0 Å². The van der Waals surface area contributed by atoms with Gasteiger partial charge in [0.05, 0.1) is 0 Å². The first-order valence-electron chi connectivity index (χ1n) is 6.93. The van der Waals surface area contributed by atoms with Crippen molar-refractivity contribution in [1.82, 2.24) is 14.9 Å². The maximum atomic E-state index is 12.0. The number of carbonyl (C=O) groups is 1. The summed E-state index contributed by atoms with van der Waals surface area (Å²) in [6.45, 7) is 7.14. The Hall–Kier alpha value is -1.01. The number of ether oxygens (including phenoxy) is 1. The fourth-order valence-electron chi connectivity index (χ4n) is 2.06. The summed E-state index contributed by atoms with van der Waals surface area (Å²) in [5.41, 5.74) is -0.443. The molecule has 1 atom stereocenters. The first kappa shape index (κ1) is 16.4. The van der Waals surface area contributed by atoms with Gasteiger partial charge in [0, 0.05) is 25.0 Å². The number of carbonyl (C=O) groups excluding carboxylic acids is 1. The number of hydrogen-bond donors (Lipinski definition) is 0. The summed E-state index contributed by atoms with van der Waals surface area (Å²) in [6, 6.07) is 1.84. The molecule has 21 heavy (non-hydrogen) atoms. The molecule has 1 saturated heterocycles. The molecule has 0 saturated carbocycles. The van der Waals surface area contributed by atoms with E-state index in [2.05, 4.69) is 9.97 Å². The molecular weight excluding hydrogens is 310 g/mol. The molecule has 1 aromatic rings. The lowest BCUT2D eigenvalue weighted by Crippen LogP contribution is -2.35. The van der Waals surface area contributed by atoms with E-state index >= 15 is 0 Å². The molecule has 1 amide bonds. The van der Waals surface area contributed by atoms with E-state index in [-0.39, 0.29) is 11.4 Å². The zero-order valence-electron chi connectivity index (χ0n) is 12.5. The van der Waals surface area contributed by atoms with E-state index < -0.39 is 5.60 Å². The van der Waals surface area contributed by atoms with Gasteiger partial charge in [-0.25, -0.2) is 14.8 Å². The minimum absolute atomic E-state index is 0.222. The molecule has 0 aromatic carbocycles. The van der Waals surface area contributed by atoms with Gasteiger partial charge in [-0.1, -0.05) is 0 Å². The number of amides is 1. The minimum atomic E-state index is -0.443. The molecule has 0 radical (unpaired) electrons. The van der Waals surface area contributed by atoms with Gasteiger partial charge < -0.3 is 9.64 Å². The normalized spacial score (nSPS) is 18.9. The molecule has 0 spiro atoms. The molecule has 1 aliphatic rings. The summed E-state index contributed by atoms with van der Waals surface area (Å²) in [5, 5.41) is 1.13. The minimum Gasteiger partial charge on any atom is -0.444 e. The third kappa shape index (κ3) is 5.36. The summed E-state index contributed by atoms with van der Waals surface area (Å²) in [5.74, 6) is 1.36. The molecule has 116 valence electrons. The van der Waals surface area contributed by atoms with E-state index in [0.717, 1.165) is 30.3 Å². The van der Waals surface area contributed by atoms with Crippen LogP contribution < -0.4 is 0 Å². The summed E-state index contributed by atoms with van der Waals surface area (Å²) in [6.07, 6.45) is 2.42. The van der Waals surface area contributed by atoms with Gasteiger partial charge in [0.1, 0.15) is 10.6 Å². The molecular formula is C14H20ClN3O2S. The van der Waals surface area contributed by atoms with Crippen LogP contribution in [0.4, 0.5) is 4.79 Å². The van der Waals surface area contributed by atoms with Crippen LogP contribution in [0.1, 0.15) is 27.2 Å². The number of nitrogens with zero attached hydrogens (tertiary/aromatic N) is 3. The topological polar surface area (TPSA) is 55.3 Å². The van der Waals surface area contributed by atoms with Crippen molar-refractivity contribution in [2.75, 3.05) is 18.8 Å². The predicted octanol–water partition coefficient (Wildman–Crippen LogP) is 3.48. The highest BCUT2D eigenvalue weighted by Gasteiger charge is 2.29. The fourth-order valence-corrected chi connectivity index (χ4v) is 3.25. The fraction of sp³-hybridized carbons (Fsp3) is 0.643. The molecule has 1 fully saturated rings. The Morgan fingerprint density at radius 2 is 2.33 bits per heavy atom. The third-order valence-corrected chi connectivity index (χ3v) is 4.35. The van der Waals surface area contributed by atoms with Crippen molar-refractivity contribution in [2.45, 2.75) is 37.8 Å². The lowest BCUT2D eigenvalue weighted by molar-refractivity contribution is 0.0289. The van der Waals surface area contributed by atoms with E-state index in [0.29, 0.717) is 5.92 Å². The highest BCUT2D eigenvalue weighted by Crippen LogP contribution is 2.26. The second kappa shape index (κ2) is 6.83. The standard InChI is InChI=1S/C14H20ClN3O2S/c1-14(2,3)20-13(19)18-7-5-10(8-18)9-21-11-4-6-16-12(15)17-11/h4,6,10H,5,7-9H2,1-3H3. The van der Waals surface area contributed by atoms with Crippen LogP contribution >= 0.6 is 23.4 Å². The Labute approximate surface area is 134 Å². The Kier molecular flexibility index (Phi) is 5.32. The second-order valence-corrected chi connectivity index (χ2v) is 7.43. The average molecular weight is 330 g/mol. The molecule has 2 rings (SSSR count). The zero-order valence-corrected chi connectivity index (χ0v) is 14.1. The second-order valence-electron chi connectivity index (χ2n) is 6.06. The third-order valence-electron chi connectivity index (χ3n) is 3.01. The molecule has 5 nitrogen and oxygen atoms in total. The van der Waals surface area contributed by atoms with Crippen molar-refractivity contribution in [3.05, 3.63) is 17.5 Å². The van der Waals surface area contributed by atoms with E-state index in [1.165, 1.54) is 0 Å². The van der Waals surface area contributed by atoms with Crippen LogP contribution in [0.25, 0.3) is 0 Å². The first-order chi connectivity index (χ1) is 9.83. The molecule has 0 N–H and O–H groups in total. The molecule has 2 heterocycles. The van der Waals surface area contributed by atoms with Gasteiger partial charge in [-0.15, -0.1) is 11.8 Å². The lowest BCUT2D eigenvalue weighted by Gasteiger charge is -2.24. The molecule has 7 heteroatoms. The zero-order chi connectivity index (χ0) is 15.5. The SMILES string of the molecule is CC(C)(C)OC(=O)N1CCC(CSc2ccnc(Cl)n2)C1. The van der Waals surface area contributed by atoms with Gasteiger partial charge in [-0.3, -0.25) is 0 Å². The van der Waals surface area contributed by atoms with Crippen LogP contribution in [0.3, 0.4) is 0 Å². The van der Waals surface area contributed by atoms with Gasteiger partial charge in [0.2, 0.25) is 5.28 Å². The van der Waals surface area contributed by atoms with Gasteiger partial charge >= 0.3 is 6.09 Å². The van der Waals surface area contributed by atoms with Crippen LogP contribution in [0.5, 0.6) is 0 Å². The molecule has 1 unspecified atom stereocenters. The van der Waals surface area contributed by atoms with E-state index in [9.17, 15) is 4.79 Å². The quantitative estimate of drug-likeness (QED) is 0.483. The summed E-state index contributed by atoms with van der Waals surface area (Å²) < 4.78 is 5.39. The maximum Gasteiger partial charge on any atom is 0.410 e. The van der Waals surface area contributed by atoms with Crippen molar-refractivity contribution in [1.29, 1.82) is 0 Å². The Morgan fingerprint density at radius 3 is 3.00 bits per heavy atom. The number of halogens is 1. The highest BCUT2D eigenvalue weighted by atomic mass is 35.5. The van der Waals surface area contributed by atoms with Crippen molar-refractivity contribution >= 4 is 29.5 Å². The Morgan fingerprint density at radius 1 is 1.57 bits per heavy atom. The predicted molar refractivity (Wildman–Crippen MR) is 83.7 cm³/mol. The Bertz CT molecular complexity index is 507. The van der Waals surface area contributed by atoms with E-state index in [1.54, 1.807) is 22.9 Å². The monoisotopic (exact) mass is 329 g/mol. The average Bonchev–Trinajstić information content (AvgIpc) is 2.83. The number of thioether (sulfide) groups is 1. The van der Waals surface area contributed by atoms with Crippen molar-refractivity contribution < 1.29 is 9.53 Å². The van der Waals surface area contributed by atoms with Crippen molar-refractivity contribution in [3.63, 3.8) is 0 Å². The number of rotatable bonds is 3. The van der Waals surface area contributed by atoms with Crippen LogP contribution in [0.2, 0.25) is 5.28 Å². The number of hydrogen-bond acceptors (Lipinski definition) is 5. The smallest absolute Gasteiger partial charge is 0.410 e. The van der Waals surface area contributed by atoms with Crippen LogP contribution in [0.15, 0.2) is 17.3 Å². The maximum absolute atomic E-state index is 12.0. The summed E-state index contributed by atoms with van der Waals surface area (Å²) in [4.78, 5) is 21.8. The van der Waals surface area contributed by atoms with E-state index in [4.69, 9.17) is 16.3 Å². The van der Waals surface area contributed by atoms with Crippen LogP contribution in [-0.4, -0.2) is 45.4 Å². The lowest BCUT2D eigenvalue weighted by atomic mass is 10.2.